The van der Waals surface area contributed by atoms with Gasteiger partial charge < -0.3 is 15.4 Å². The minimum atomic E-state index is -0.0182. The summed E-state index contributed by atoms with van der Waals surface area (Å²) in [5, 5.41) is 6.57. The van der Waals surface area contributed by atoms with Crippen LogP contribution in [0.15, 0.2) is 24.3 Å². The number of nitrogens with one attached hydrogen (secondary N) is 4. The molecule has 7 heteroatoms. The molecule has 114 valence electrons. The zero-order valence-corrected chi connectivity index (χ0v) is 12.8. The Morgan fingerprint density at radius 2 is 1.90 bits per heavy atom. The van der Waals surface area contributed by atoms with Gasteiger partial charge in [-0.2, -0.15) is 0 Å². The molecule has 1 aromatic rings. The van der Waals surface area contributed by atoms with Gasteiger partial charge in [-0.15, -0.1) is 0 Å². The molecule has 0 saturated carbocycles. The third-order valence-electron chi connectivity index (χ3n) is 3.36. The summed E-state index contributed by atoms with van der Waals surface area (Å²) in [5.74, 6) is 0.802. The van der Waals surface area contributed by atoms with E-state index in [1.54, 1.807) is 7.11 Å². The van der Waals surface area contributed by atoms with E-state index in [4.69, 9.17) is 17.0 Å². The maximum absolute atomic E-state index is 11.9. The third kappa shape index (κ3) is 4.87. The van der Waals surface area contributed by atoms with Gasteiger partial charge in [0.25, 0.3) is 0 Å². The number of amides is 1. The monoisotopic (exact) mass is 308 g/mol. The molecule has 0 bridgehead atoms. The molecule has 2 rings (SSSR count). The summed E-state index contributed by atoms with van der Waals surface area (Å²) in [6.45, 7) is 1.76. The van der Waals surface area contributed by atoms with Crippen molar-refractivity contribution in [3.8, 4) is 5.75 Å². The van der Waals surface area contributed by atoms with Crippen LogP contribution in [0, 0.1) is 5.92 Å². The van der Waals surface area contributed by atoms with E-state index < -0.39 is 0 Å². The van der Waals surface area contributed by atoms with Gasteiger partial charge in [-0.25, -0.2) is 0 Å². The molecule has 1 saturated heterocycles. The summed E-state index contributed by atoms with van der Waals surface area (Å²) in [5.41, 5.74) is 6.20. The molecule has 0 atom stereocenters. The lowest BCUT2D eigenvalue weighted by Crippen LogP contribution is -2.48. The Morgan fingerprint density at radius 3 is 2.52 bits per heavy atom. The summed E-state index contributed by atoms with van der Waals surface area (Å²) < 4.78 is 5.08. The van der Waals surface area contributed by atoms with E-state index in [0.29, 0.717) is 5.11 Å². The minimum absolute atomic E-state index is 0.0182. The Balaban J connectivity index is 1.74. The van der Waals surface area contributed by atoms with Gasteiger partial charge >= 0.3 is 0 Å². The highest BCUT2D eigenvalue weighted by molar-refractivity contribution is 7.80. The van der Waals surface area contributed by atoms with Crippen molar-refractivity contribution >= 4 is 28.9 Å². The molecule has 4 N–H and O–H groups in total. The minimum Gasteiger partial charge on any atom is -0.497 e. The van der Waals surface area contributed by atoms with Gasteiger partial charge in [-0.05, 0) is 62.4 Å². The van der Waals surface area contributed by atoms with Crippen LogP contribution < -0.4 is 26.2 Å². The number of piperidine rings is 1. The van der Waals surface area contributed by atoms with Crippen molar-refractivity contribution < 1.29 is 9.53 Å². The molecule has 0 radical (unpaired) electrons. The molecule has 1 heterocycles. The molecule has 0 spiro atoms. The second-order valence-electron chi connectivity index (χ2n) is 4.82. The molecule has 1 aromatic carbocycles. The van der Waals surface area contributed by atoms with E-state index in [2.05, 4.69) is 21.5 Å². The van der Waals surface area contributed by atoms with Gasteiger partial charge in [0.1, 0.15) is 5.75 Å². The second kappa shape index (κ2) is 7.80. The van der Waals surface area contributed by atoms with Crippen molar-refractivity contribution in [3.63, 3.8) is 0 Å². The summed E-state index contributed by atoms with van der Waals surface area (Å²) in [4.78, 5) is 11.9. The van der Waals surface area contributed by atoms with Crippen molar-refractivity contribution in [3.05, 3.63) is 24.3 Å². The standard InChI is InChI=1S/C14H20N4O2S/c1-20-12-4-2-11(3-5-12)16-14(21)18-17-13(19)10-6-8-15-9-7-10/h2-5,10,15H,6-9H2,1H3,(H,17,19)(H2,16,18,21). The van der Waals surface area contributed by atoms with E-state index >= 15 is 0 Å². The van der Waals surface area contributed by atoms with E-state index in [1.165, 1.54) is 0 Å². The number of benzene rings is 1. The van der Waals surface area contributed by atoms with Gasteiger partial charge in [0.15, 0.2) is 5.11 Å². The van der Waals surface area contributed by atoms with E-state index in [0.717, 1.165) is 37.4 Å². The lowest BCUT2D eigenvalue weighted by molar-refractivity contribution is -0.126. The quantitative estimate of drug-likeness (QED) is 0.493. The number of carbonyl (C=O) groups excluding carboxylic acids is 1. The first kappa shape index (κ1) is 15.5. The third-order valence-corrected chi connectivity index (χ3v) is 3.56. The molecule has 0 aromatic heterocycles. The van der Waals surface area contributed by atoms with Gasteiger partial charge in [-0.1, -0.05) is 0 Å². The largest absolute Gasteiger partial charge is 0.497 e. The normalized spacial score (nSPS) is 15.1. The molecule has 1 amide bonds. The number of carbonyl (C=O) groups is 1. The van der Waals surface area contributed by atoms with Crippen LogP contribution in [-0.4, -0.2) is 31.2 Å². The molecule has 21 heavy (non-hydrogen) atoms. The van der Waals surface area contributed by atoms with Gasteiger partial charge in [0.05, 0.1) is 7.11 Å². The number of hydrogen-bond donors (Lipinski definition) is 4. The molecular weight excluding hydrogens is 288 g/mol. The fourth-order valence-electron chi connectivity index (χ4n) is 2.14. The van der Waals surface area contributed by atoms with Crippen molar-refractivity contribution in [1.29, 1.82) is 0 Å². The highest BCUT2D eigenvalue weighted by Gasteiger charge is 2.20. The molecule has 0 aliphatic carbocycles. The molecule has 6 nitrogen and oxygen atoms in total. The topological polar surface area (TPSA) is 74.4 Å². The number of anilines is 1. The number of ether oxygens (including phenoxy) is 1. The molecule has 1 fully saturated rings. The van der Waals surface area contributed by atoms with Crippen molar-refractivity contribution in [2.75, 3.05) is 25.5 Å². The van der Waals surface area contributed by atoms with Crippen molar-refractivity contribution in [2.24, 2.45) is 5.92 Å². The first-order valence-electron chi connectivity index (χ1n) is 6.90. The van der Waals surface area contributed by atoms with Crippen molar-refractivity contribution in [2.45, 2.75) is 12.8 Å². The lowest BCUT2D eigenvalue weighted by atomic mass is 9.98. The fraction of sp³-hybridized carbons (Fsp3) is 0.429. The summed E-state index contributed by atoms with van der Waals surface area (Å²) in [6, 6.07) is 7.36. The van der Waals surface area contributed by atoms with Gasteiger partial charge in [-0.3, -0.25) is 15.6 Å². The van der Waals surface area contributed by atoms with E-state index in [1.807, 2.05) is 24.3 Å². The molecule has 1 aliphatic heterocycles. The SMILES string of the molecule is COc1ccc(NC(=S)NNC(=O)C2CCNCC2)cc1. The first-order chi connectivity index (χ1) is 10.2. The van der Waals surface area contributed by atoms with Crippen LogP contribution >= 0.6 is 12.2 Å². The summed E-state index contributed by atoms with van der Waals surface area (Å²) in [6.07, 6.45) is 1.71. The highest BCUT2D eigenvalue weighted by atomic mass is 32.1. The van der Waals surface area contributed by atoms with Crippen LogP contribution in [0.25, 0.3) is 0 Å². The second-order valence-corrected chi connectivity index (χ2v) is 5.23. The molecular formula is C14H20N4O2S. The van der Waals surface area contributed by atoms with Crippen LogP contribution in [0.4, 0.5) is 5.69 Å². The van der Waals surface area contributed by atoms with E-state index in [-0.39, 0.29) is 11.8 Å². The lowest BCUT2D eigenvalue weighted by Gasteiger charge is -2.22. The summed E-state index contributed by atoms with van der Waals surface area (Å²) in [7, 11) is 1.62. The number of hydrazine groups is 1. The predicted molar refractivity (Wildman–Crippen MR) is 86.1 cm³/mol. The Morgan fingerprint density at radius 1 is 1.24 bits per heavy atom. The fourth-order valence-corrected chi connectivity index (χ4v) is 2.31. The van der Waals surface area contributed by atoms with Gasteiger partial charge in [0.2, 0.25) is 5.91 Å². The predicted octanol–water partition coefficient (Wildman–Crippen LogP) is 1.01. The number of methoxy groups -OCH3 is 1. The number of rotatable bonds is 3. The average Bonchev–Trinajstić information content (AvgIpc) is 2.54. The average molecular weight is 308 g/mol. The molecule has 1 aliphatic rings. The first-order valence-corrected chi connectivity index (χ1v) is 7.31. The number of thiocarbonyl (C=S) groups is 1. The maximum atomic E-state index is 11.9. The van der Waals surface area contributed by atoms with Gasteiger partial charge in [0, 0.05) is 11.6 Å². The Kier molecular flexibility index (Phi) is 5.77. The zero-order chi connectivity index (χ0) is 15.1. The summed E-state index contributed by atoms with van der Waals surface area (Å²) >= 11 is 5.14. The highest BCUT2D eigenvalue weighted by Crippen LogP contribution is 2.14. The van der Waals surface area contributed by atoms with Crippen molar-refractivity contribution in [1.82, 2.24) is 16.2 Å². The van der Waals surface area contributed by atoms with E-state index in [9.17, 15) is 4.79 Å². The zero-order valence-electron chi connectivity index (χ0n) is 11.9. The smallest absolute Gasteiger partial charge is 0.241 e. The Bertz CT molecular complexity index is 486. The number of hydrogen-bond acceptors (Lipinski definition) is 4. The van der Waals surface area contributed by atoms with Crippen LogP contribution in [-0.2, 0) is 4.79 Å². The molecule has 0 unspecified atom stereocenters. The Labute approximate surface area is 129 Å². The van der Waals surface area contributed by atoms with Crippen LogP contribution in [0.2, 0.25) is 0 Å². The van der Waals surface area contributed by atoms with Crippen LogP contribution in [0.1, 0.15) is 12.8 Å². The van der Waals surface area contributed by atoms with Crippen LogP contribution in [0.5, 0.6) is 5.75 Å². The van der Waals surface area contributed by atoms with Crippen LogP contribution in [0.3, 0.4) is 0 Å². The maximum Gasteiger partial charge on any atom is 0.241 e. The Hall–Kier alpha value is -1.86.